The third-order valence-electron chi connectivity index (χ3n) is 4.38. The zero-order valence-electron chi connectivity index (χ0n) is 18.7. The minimum absolute atomic E-state index is 0. The zero-order chi connectivity index (χ0) is 21.1. The third-order valence-corrected chi connectivity index (χ3v) is 5.54. The van der Waals surface area contributed by atoms with Gasteiger partial charge in [0.1, 0.15) is 28.6 Å². The smallest absolute Gasteiger partial charge is 0.193 e. The van der Waals surface area contributed by atoms with Crippen LogP contribution in [-0.2, 0) is 0 Å². The third kappa shape index (κ3) is 7.55. The summed E-state index contributed by atoms with van der Waals surface area (Å²) in [5.74, 6) is 2.48. The maximum atomic E-state index is 13.1. The van der Waals surface area contributed by atoms with E-state index in [1.165, 1.54) is 0 Å². The van der Waals surface area contributed by atoms with Gasteiger partial charge in [0.2, 0.25) is 0 Å². The van der Waals surface area contributed by atoms with Crippen LogP contribution in [0, 0.1) is 0 Å². The number of carbonyl (C=O) groups is 1. The molecule has 0 N–H and O–H groups in total. The molecule has 0 aliphatic heterocycles. The Bertz CT molecular complexity index is 775. The van der Waals surface area contributed by atoms with Crippen molar-refractivity contribution in [1.82, 2.24) is 0 Å². The Morgan fingerprint density at radius 2 is 1.47 bits per heavy atom. The van der Waals surface area contributed by atoms with Gasteiger partial charge in [0.25, 0.3) is 0 Å². The fourth-order valence-electron chi connectivity index (χ4n) is 2.74. The van der Waals surface area contributed by atoms with Gasteiger partial charge >= 0.3 is 0 Å². The Hall–Kier alpha value is -1.66. The number of rotatable bonds is 13. The summed E-state index contributed by atoms with van der Waals surface area (Å²) >= 11 is 0. The second-order valence-electron chi connectivity index (χ2n) is 6.55. The minimum Gasteiger partial charge on any atom is -0.496 e. The summed E-state index contributed by atoms with van der Waals surface area (Å²) in [6, 6.07) is 11.0. The van der Waals surface area contributed by atoms with Crippen molar-refractivity contribution in [2.24, 2.45) is 0 Å². The second-order valence-corrected chi connectivity index (χ2v) is 7.80. The van der Waals surface area contributed by atoms with Crippen molar-refractivity contribution in [3.05, 3.63) is 42.0 Å². The number of benzene rings is 2. The quantitative estimate of drug-likeness (QED) is 0.262. The summed E-state index contributed by atoms with van der Waals surface area (Å²) in [7, 11) is 2.99. The van der Waals surface area contributed by atoms with E-state index in [-0.39, 0.29) is 33.0 Å². The van der Waals surface area contributed by atoms with E-state index in [2.05, 4.69) is 13.8 Å². The second kappa shape index (κ2) is 14.4. The number of methoxy groups -OCH3 is 2. The van der Waals surface area contributed by atoms with E-state index in [1.54, 1.807) is 32.4 Å². The van der Waals surface area contributed by atoms with Crippen LogP contribution in [0.4, 0.5) is 0 Å². The molecule has 30 heavy (non-hydrogen) atoms. The predicted octanol–water partition coefficient (Wildman–Crippen LogP) is 4.83. The molecule has 0 aromatic heterocycles. The van der Waals surface area contributed by atoms with E-state index < -0.39 is 0 Å². The molecule has 0 amide bonds. The molecular weight excluding hydrogens is 394 g/mol. The first-order valence-corrected chi connectivity index (χ1v) is 11.1. The van der Waals surface area contributed by atoms with Crippen molar-refractivity contribution in [3.8, 4) is 23.0 Å². The van der Waals surface area contributed by atoms with Crippen molar-refractivity contribution < 1.29 is 23.7 Å². The van der Waals surface area contributed by atoms with Gasteiger partial charge in [-0.25, -0.2) is 0 Å². The molecule has 2 aromatic carbocycles. The molecule has 1 unspecified atom stereocenters. The first-order chi connectivity index (χ1) is 14.1. The molecule has 7 heteroatoms. The molecule has 0 saturated carbocycles. The normalized spacial score (nSPS) is 10.5. The summed E-state index contributed by atoms with van der Waals surface area (Å²) < 4.78 is 22.6. The summed E-state index contributed by atoms with van der Waals surface area (Å²) in [5, 5.41) is 0.849. The van der Waals surface area contributed by atoms with Crippen LogP contribution in [0.25, 0.3) is 0 Å². The first-order valence-electron chi connectivity index (χ1n) is 10.1. The number of unbranched alkanes of at least 4 members (excludes halogenated alkanes) is 2. The fraction of sp³-hybridized carbons (Fsp3) is 0.435. The molecule has 0 spiro atoms. The molecule has 0 aliphatic rings. The molecule has 0 bridgehead atoms. The van der Waals surface area contributed by atoms with Gasteiger partial charge in [-0.15, -0.1) is 0 Å². The van der Waals surface area contributed by atoms with E-state index >= 15 is 0 Å². The van der Waals surface area contributed by atoms with E-state index in [0.717, 1.165) is 36.7 Å². The Morgan fingerprint density at radius 1 is 0.867 bits per heavy atom. The van der Waals surface area contributed by atoms with E-state index in [9.17, 15) is 4.79 Å². The summed E-state index contributed by atoms with van der Waals surface area (Å²) in [4.78, 5) is 13.1. The molecule has 0 saturated heterocycles. The Balaban J connectivity index is 0.00000450. The number of hydrogen-bond acceptors (Lipinski definition) is 5. The van der Waals surface area contributed by atoms with E-state index in [0.29, 0.717) is 36.0 Å². The molecule has 2 aromatic rings. The van der Waals surface area contributed by atoms with Gasteiger partial charge in [-0.2, -0.15) is 0 Å². The van der Waals surface area contributed by atoms with Crippen LogP contribution in [0.3, 0.4) is 0 Å². The van der Waals surface area contributed by atoms with Crippen LogP contribution in [0.5, 0.6) is 23.0 Å². The Kier molecular flexibility index (Phi) is 12.6. The molecule has 0 fully saturated rings. The summed E-state index contributed by atoms with van der Waals surface area (Å²) in [5.41, 5.74) is 0.401. The van der Waals surface area contributed by atoms with Gasteiger partial charge in [-0.05, 0) is 45.7 Å². The predicted molar refractivity (Wildman–Crippen MR) is 125 cm³/mol. The molecular formula is C23H31LiO5P. The van der Waals surface area contributed by atoms with Crippen molar-refractivity contribution in [2.75, 3.05) is 27.4 Å². The zero-order valence-corrected chi connectivity index (χ0v) is 19.7. The Morgan fingerprint density at radius 3 is 2.03 bits per heavy atom. The van der Waals surface area contributed by atoms with Crippen molar-refractivity contribution in [1.29, 1.82) is 0 Å². The number of carbonyl (C=O) groups excluding carboxylic acids is 1. The summed E-state index contributed by atoms with van der Waals surface area (Å²) in [6.07, 6.45) is 4.08. The van der Waals surface area contributed by atoms with Gasteiger partial charge < -0.3 is 18.9 Å². The van der Waals surface area contributed by atoms with Crippen molar-refractivity contribution in [3.63, 3.8) is 0 Å². The Labute approximate surface area is 193 Å². The van der Waals surface area contributed by atoms with Gasteiger partial charge in [-0.1, -0.05) is 32.8 Å². The minimum atomic E-state index is -0.115. The average Bonchev–Trinajstić information content (AvgIpc) is 2.74. The fourth-order valence-corrected chi connectivity index (χ4v) is 3.79. The standard InChI is InChI=1S/C23H31O5P.Li/c1-5-7-14-27-17-12-13-21(20(16-17)28-15-8-6-2)29-23(24)22-18(25-3)10-9-11-19(22)26-4;/h9-13,16,29H,5-8,14-15H2,1-4H3;. The van der Waals surface area contributed by atoms with Crippen LogP contribution in [0.1, 0.15) is 49.9 Å². The topological polar surface area (TPSA) is 54.0 Å². The molecule has 0 aliphatic carbocycles. The van der Waals surface area contributed by atoms with Crippen LogP contribution >= 0.6 is 8.58 Å². The average molecular weight is 425 g/mol. The first kappa shape index (κ1) is 26.4. The molecule has 2 rings (SSSR count). The van der Waals surface area contributed by atoms with Crippen LogP contribution in [-0.4, -0.2) is 51.8 Å². The van der Waals surface area contributed by atoms with Gasteiger partial charge in [0.05, 0.1) is 27.4 Å². The van der Waals surface area contributed by atoms with Crippen LogP contribution < -0.4 is 24.3 Å². The molecule has 1 atom stereocenters. The van der Waals surface area contributed by atoms with Crippen molar-refractivity contribution in [2.45, 2.75) is 39.5 Å². The number of hydrogen-bond donors (Lipinski definition) is 0. The maximum absolute atomic E-state index is 13.1. The molecule has 0 heterocycles. The maximum Gasteiger partial charge on any atom is 0.193 e. The molecule has 159 valence electrons. The van der Waals surface area contributed by atoms with E-state index in [1.807, 2.05) is 18.2 Å². The SMILES string of the molecule is CCCCOc1ccc(PC(=O)c2c(OC)cccc2OC)c(OCCCC)c1.[Li]. The van der Waals surface area contributed by atoms with Gasteiger partial charge in [0.15, 0.2) is 5.52 Å². The molecule has 1 radical (unpaired) electrons. The van der Waals surface area contributed by atoms with E-state index in [4.69, 9.17) is 18.9 Å². The monoisotopic (exact) mass is 425 g/mol. The van der Waals surface area contributed by atoms with Gasteiger partial charge in [0, 0.05) is 30.2 Å². The van der Waals surface area contributed by atoms with Crippen molar-refractivity contribution >= 4 is 38.3 Å². The van der Waals surface area contributed by atoms with Gasteiger partial charge in [-0.3, -0.25) is 4.79 Å². The summed E-state index contributed by atoms with van der Waals surface area (Å²) in [6.45, 7) is 5.53. The largest absolute Gasteiger partial charge is 0.496 e. The van der Waals surface area contributed by atoms with Crippen LogP contribution in [0.2, 0.25) is 0 Å². The molecule has 5 nitrogen and oxygen atoms in total. The van der Waals surface area contributed by atoms with Crippen LogP contribution in [0.15, 0.2) is 36.4 Å². The number of ether oxygens (including phenoxy) is 4.